The first-order chi connectivity index (χ1) is 12.0. The maximum Gasteiger partial charge on any atom is 0.142 e. The molecule has 1 aromatic heterocycles. The summed E-state index contributed by atoms with van der Waals surface area (Å²) in [6, 6.07) is 17.2. The van der Waals surface area contributed by atoms with Gasteiger partial charge in [-0.1, -0.05) is 60.5 Å². The Morgan fingerprint density at radius 2 is 1.72 bits per heavy atom. The van der Waals surface area contributed by atoms with Gasteiger partial charge in [0.15, 0.2) is 0 Å². The third-order valence-corrected chi connectivity index (χ3v) is 4.68. The van der Waals surface area contributed by atoms with Crippen molar-refractivity contribution >= 4 is 29.0 Å². The van der Waals surface area contributed by atoms with Gasteiger partial charge in [-0.3, -0.25) is 0 Å². The molecule has 0 amide bonds. The summed E-state index contributed by atoms with van der Waals surface area (Å²) in [6.45, 7) is 2.10. The molecular weight excluding hydrogens is 353 g/mol. The number of halogens is 2. The quantitative estimate of drug-likeness (QED) is 0.641. The Labute approximate surface area is 156 Å². The van der Waals surface area contributed by atoms with Gasteiger partial charge in [0.25, 0.3) is 0 Å². The standard InChI is InChI=1S/C20H15Cl2N3/c1-2-12-6-8-13(9-7-12)18-10-14(15(11-23)20(24)25-18)19-16(21)4-3-5-17(19)22/h3-10H,2H2,1H3,(H2,24,25). The molecule has 2 N–H and O–H groups in total. The highest BCUT2D eigenvalue weighted by atomic mass is 35.5. The van der Waals surface area contributed by atoms with E-state index in [1.165, 1.54) is 5.56 Å². The SMILES string of the molecule is CCc1ccc(-c2cc(-c3c(Cl)cccc3Cl)c(C#N)c(N)n2)cc1. The lowest BCUT2D eigenvalue weighted by Gasteiger charge is -2.13. The van der Waals surface area contributed by atoms with E-state index in [0.29, 0.717) is 26.9 Å². The summed E-state index contributed by atoms with van der Waals surface area (Å²) in [7, 11) is 0. The van der Waals surface area contributed by atoms with E-state index in [4.69, 9.17) is 28.9 Å². The van der Waals surface area contributed by atoms with Crippen molar-refractivity contribution < 1.29 is 0 Å². The van der Waals surface area contributed by atoms with Gasteiger partial charge in [0, 0.05) is 26.7 Å². The van der Waals surface area contributed by atoms with Crippen LogP contribution in [0.1, 0.15) is 18.1 Å². The molecule has 3 nitrogen and oxygen atoms in total. The van der Waals surface area contributed by atoms with E-state index in [1.807, 2.05) is 30.3 Å². The molecule has 0 atom stereocenters. The van der Waals surface area contributed by atoms with Gasteiger partial charge in [-0.15, -0.1) is 0 Å². The van der Waals surface area contributed by atoms with Crippen molar-refractivity contribution in [1.82, 2.24) is 4.98 Å². The number of anilines is 1. The lowest BCUT2D eigenvalue weighted by atomic mass is 9.98. The molecule has 0 aliphatic carbocycles. The second kappa shape index (κ2) is 7.14. The molecule has 0 saturated carbocycles. The van der Waals surface area contributed by atoms with Gasteiger partial charge in [-0.05, 0) is 30.2 Å². The third-order valence-electron chi connectivity index (χ3n) is 4.05. The lowest BCUT2D eigenvalue weighted by Crippen LogP contribution is -2.00. The van der Waals surface area contributed by atoms with Gasteiger partial charge in [0.2, 0.25) is 0 Å². The van der Waals surface area contributed by atoms with Crippen molar-refractivity contribution in [3.8, 4) is 28.5 Å². The number of aromatic nitrogens is 1. The molecule has 0 aliphatic heterocycles. The van der Waals surface area contributed by atoms with Crippen molar-refractivity contribution in [2.24, 2.45) is 0 Å². The molecule has 0 spiro atoms. The van der Waals surface area contributed by atoms with Crippen LogP contribution in [0.3, 0.4) is 0 Å². The highest BCUT2D eigenvalue weighted by Gasteiger charge is 2.17. The number of hydrogen-bond donors (Lipinski definition) is 1. The highest BCUT2D eigenvalue weighted by Crippen LogP contribution is 2.39. The Kier molecular flexibility index (Phi) is 4.94. The van der Waals surface area contributed by atoms with E-state index >= 15 is 0 Å². The molecule has 0 radical (unpaired) electrons. The van der Waals surface area contributed by atoms with Crippen LogP contribution in [0.15, 0.2) is 48.5 Å². The summed E-state index contributed by atoms with van der Waals surface area (Å²) in [5.74, 6) is 0.158. The smallest absolute Gasteiger partial charge is 0.142 e. The van der Waals surface area contributed by atoms with Crippen molar-refractivity contribution in [2.75, 3.05) is 5.73 Å². The Morgan fingerprint density at radius 1 is 1.08 bits per heavy atom. The van der Waals surface area contributed by atoms with E-state index in [1.54, 1.807) is 18.2 Å². The van der Waals surface area contributed by atoms with Gasteiger partial charge in [0.05, 0.1) is 5.69 Å². The molecule has 0 fully saturated rings. The monoisotopic (exact) mass is 367 g/mol. The first kappa shape index (κ1) is 17.3. The van der Waals surface area contributed by atoms with Crippen LogP contribution in [0, 0.1) is 11.3 Å². The molecule has 0 unspecified atom stereocenters. The minimum Gasteiger partial charge on any atom is -0.383 e. The predicted molar refractivity (Wildman–Crippen MR) is 104 cm³/mol. The summed E-state index contributed by atoms with van der Waals surface area (Å²) in [4.78, 5) is 4.38. The molecule has 0 saturated heterocycles. The van der Waals surface area contributed by atoms with Crippen LogP contribution in [0.4, 0.5) is 5.82 Å². The first-order valence-corrected chi connectivity index (χ1v) is 8.55. The maximum absolute atomic E-state index is 9.52. The first-order valence-electron chi connectivity index (χ1n) is 7.79. The minimum absolute atomic E-state index is 0.158. The Morgan fingerprint density at radius 3 is 2.28 bits per heavy atom. The van der Waals surface area contributed by atoms with Gasteiger partial charge in [-0.2, -0.15) is 5.26 Å². The van der Waals surface area contributed by atoms with Gasteiger partial charge in [0.1, 0.15) is 17.5 Å². The number of nitrogens with zero attached hydrogens (tertiary/aromatic N) is 2. The van der Waals surface area contributed by atoms with Crippen LogP contribution in [-0.4, -0.2) is 4.98 Å². The number of nitrogen functional groups attached to an aromatic ring is 1. The number of nitrogens with two attached hydrogens (primary N) is 1. The summed E-state index contributed by atoms with van der Waals surface area (Å²) in [6.07, 6.45) is 0.962. The average molecular weight is 368 g/mol. The van der Waals surface area contributed by atoms with Crippen molar-refractivity contribution in [1.29, 1.82) is 5.26 Å². The fourth-order valence-electron chi connectivity index (χ4n) is 2.69. The largest absolute Gasteiger partial charge is 0.383 e. The normalized spacial score (nSPS) is 10.5. The summed E-state index contributed by atoms with van der Waals surface area (Å²) >= 11 is 12.7. The van der Waals surface area contributed by atoms with Crippen LogP contribution in [0.25, 0.3) is 22.4 Å². The Hall–Kier alpha value is -2.54. The number of nitriles is 1. The summed E-state index contributed by atoms with van der Waals surface area (Å²) in [5, 5.41) is 10.4. The second-order valence-corrected chi connectivity index (χ2v) is 6.39. The zero-order valence-electron chi connectivity index (χ0n) is 13.6. The predicted octanol–water partition coefficient (Wildman–Crippen LogP) is 5.74. The fraction of sp³-hybridized carbons (Fsp3) is 0.100. The summed E-state index contributed by atoms with van der Waals surface area (Å²) in [5.41, 5.74) is 10.3. The van der Waals surface area contributed by atoms with Crippen molar-refractivity contribution in [3.05, 3.63) is 69.7 Å². The minimum atomic E-state index is 0.158. The Bertz CT molecular complexity index is 953. The molecule has 1 heterocycles. The Balaban J connectivity index is 2.24. The molecular formula is C20H15Cl2N3. The molecule has 25 heavy (non-hydrogen) atoms. The van der Waals surface area contributed by atoms with Crippen molar-refractivity contribution in [3.63, 3.8) is 0 Å². The van der Waals surface area contributed by atoms with Crippen LogP contribution in [0.2, 0.25) is 10.0 Å². The highest BCUT2D eigenvalue weighted by molar-refractivity contribution is 6.39. The van der Waals surface area contributed by atoms with Crippen LogP contribution in [-0.2, 0) is 6.42 Å². The molecule has 0 bridgehead atoms. The topological polar surface area (TPSA) is 62.7 Å². The number of aryl methyl sites for hydroxylation is 1. The molecule has 0 aliphatic rings. The maximum atomic E-state index is 9.52. The number of hydrogen-bond acceptors (Lipinski definition) is 3. The number of rotatable bonds is 3. The van der Waals surface area contributed by atoms with Crippen LogP contribution < -0.4 is 5.73 Å². The van der Waals surface area contributed by atoms with E-state index in [0.717, 1.165) is 12.0 Å². The average Bonchev–Trinajstić information content (AvgIpc) is 2.61. The summed E-state index contributed by atoms with van der Waals surface area (Å²) < 4.78 is 0. The van der Waals surface area contributed by atoms with E-state index < -0.39 is 0 Å². The van der Waals surface area contributed by atoms with Crippen LogP contribution in [0.5, 0.6) is 0 Å². The number of benzene rings is 2. The van der Waals surface area contributed by atoms with Gasteiger partial charge >= 0.3 is 0 Å². The van der Waals surface area contributed by atoms with Gasteiger partial charge in [-0.25, -0.2) is 4.98 Å². The van der Waals surface area contributed by atoms with E-state index in [9.17, 15) is 5.26 Å². The van der Waals surface area contributed by atoms with Crippen LogP contribution >= 0.6 is 23.2 Å². The zero-order valence-corrected chi connectivity index (χ0v) is 15.1. The molecule has 5 heteroatoms. The van der Waals surface area contributed by atoms with E-state index in [-0.39, 0.29) is 11.4 Å². The molecule has 3 aromatic rings. The number of pyridine rings is 1. The second-order valence-electron chi connectivity index (χ2n) is 5.57. The fourth-order valence-corrected chi connectivity index (χ4v) is 3.29. The zero-order chi connectivity index (χ0) is 18.0. The van der Waals surface area contributed by atoms with Gasteiger partial charge < -0.3 is 5.73 Å². The molecule has 2 aromatic carbocycles. The van der Waals surface area contributed by atoms with E-state index in [2.05, 4.69) is 18.0 Å². The van der Waals surface area contributed by atoms with Crippen molar-refractivity contribution in [2.45, 2.75) is 13.3 Å². The lowest BCUT2D eigenvalue weighted by molar-refractivity contribution is 1.14. The molecule has 3 rings (SSSR count). The molecule has 124 valence electrons. The third kappa shape index (κ3) is 3.32.